The van der Waals surface area contributed by atoms with E-state index in [0.29, 0.717) is 11.8 Å². The van der Waals surface area contributed by atoms with E-state index in [0.717, 1.165) is 31.1 Å². The summed E-state index contributed by atoms with van der Waals surface area (Å²) in [7, 11) is 0. The zero-order valence-electron chi connectivity index (χ0n) is 10.4. The molecule has 16 heavy (non-hydrogen) atoms. The van der Waals surface area contributed by atoms with Crippen molar-refractivity contribution in [3.8, 4) is 0 Å². The maximum atomic E-state index is 10.4. The first-order valence-electron chi connectivity index (χ1n) is 6.11. The fourth-order valence-electron chi connectivity index (χ4n) is 2.10. The molecule has 0 fully saturated rings. The topological polar surface area (TPSA) is 17.1 Å². The Hall–Kier alpha value is -1.11. The van der Waals surface area contributed by atoms with E-state index in [1.165, 1.54) is 12.0 Å². The Morgan fingerprint density at radius 1 is 1.69 bits per heavy atom. The first kappa shape index (κ1) is 13.0. The molecule has 88 valence electrons. The summed E-state index contributed by atoms with van der Waals surface area (Å²) in [6.07, 6.45) is 12.0. The molecule has 0 saturated heterocycles. The molecule has 0 bridgehead atoms. The van der Waals surface area contributed by atoms with Gasteiger partial charge in [0.1, 0.15) is 6.29 Å². The van der Waals surface area contributed by atoms with Gasteiger partial charge in [-0.1, -0.05) is 37.3 Å². The van der Waals surface area contributed by atoms with Crippen molar-refractivity contribution in [2.75, 3.05) is 0 Å². The largest absolute Gasteiger partial charge is 0.298 e. The normalized spacial score (nSPS) is 23.2. The zero-order valence-corrected chi connectivity index (χ0v) is 10.4. The van der Waals surface area contributed by atoms with Crippen molar-refractivity contribution in [3.63, 3.8) is 0 Å². The number of aldehydes is 1. The predicted molar refractivity (Wildman–Crippen MR) is 69.2 cm³/mol. The molecule has 1 aliphatic rings. The smallest absolute Gasteiger partial charge is 0.145 e. The van der Waals surface area contributed by atoms with E-state index in [1.807, 2.05) is 13.0 Å². The van der Waals surface area contributed by atoms with Crippen LogP contribution in [0.2, 0.25) is 0 Å². The molecule has 0 amide bonds. The Labute approximate surface area is 98.9 Å². The molecular weight excluding hydrogens is 196 g/mol. The molecule has 1 heteroatoms. The second-order valence-corrected chi connectivity index (χ2v) is 4.84. The van der Waals surface area contributed by atoms with Gasteiger partial charge in [-0.25, -0.2) is 0 Å². The van der Waals surface area contributed by atoms with E-state index < -0.39 is 0 Å². The van der Waals surface area contributed by atoms with Crippen LogP contribution in [0.4, 0.5) is 0 Å². The third kappa shape index (κ3) is 4.18. The van der Waals surface area contributed by atoms with Gasteiger partial charge in [-0.2, -0.15) is 0 Å². The van der Waals surface area contributed by atoms with E-state index in [9.17, 15) is 4.79 Å². The van der Waals surface area contributed by atoms with Crippen molar-refractivity contribution in [2.24, 2.45) is 11.8 Å². The molecule has 1 aliphatic carbocycles. The molecule has 2 atom stereocenters. The molecule has 1 rings (SSSR count). The number of rotatable bonds is 5. The highest BCUT2D eigenvalue weighted by Gasteiger charge is 2.16. The van der Waals surface area contributed by atoms with Crippen molar-refractivity contribution in [1.29, 1.82) is 0 Å². The Balaban J connectivity index is 2.35. The minimum absolute atomic E-state index is 0.690. The lowest BCUT2D eigenvalue weighted by molar-refractivity contribution is -0.104. The van der Waals surface area contributed by atoms with Crippen LogP contribution in [-0.2, 0) is 4.79 Å². The van der Waals surface area contributed by atoms with Gasteiger partial charge in [0.25, 0.3) is 0 Å². The van der Waals surface area contributed by atoms with E-state index >= 15 is 0 Å². The minimum atomic E-state index is 0.690. The average Bonchev–Trinajstić information content (AvgIpc) is 2.29. The molecule has 0 spiro atoms. The van der Waals surface area contributed by atoms with Crippen LogP contribution in [0.5, 0.6) is 0 Å². The Bertz CT molecular complexity index is 309. The van der Waals surface area contributed by atoms with E-state index in [-0.39, 0.29) is 0 Å². The van der Waals surface area contributed by atoms with Gasteiger partial charge in [0.2, 0.25) is 0 Å². The van der Waals surface area contributed by atoms with Crippen LogP contribution >= 0.6 is 0 Å². The van der Waals surface area contributed by atoms with Crippen LogP contribution in [0, 0.1) is 11.8 Å². The summed E-state index contributed by atoms with van der Waals surface area (Å²) in [6, 6.07) is 0. The SMILES string of the molecule is C=C1C=CC(C(C)CCC=C(C)C=O)CC1. The van der Waals surface area contributed by atoms with Gasteiger partial charge in [0.15, 0.2) is 0 Å². The standard InChI is InChI=1S/C15H22O/c1-12-7-9-15(10-8-12)14(3)6-4-5-13(2)11-16/h5,7,9,11,14-15H,1,4,6,8,10H2,2-3H3. The zero-order chi connectivity index (χ0) is 12.0. The molecule has 0 aromatic rings. The molecule has 2 unspecified atom stereocenters. The first-order valence-corrected chi connectivity index (χ1v) is 6.11. The second kappa shape index (κ2) is 6.47. The molecule has 0 radical (unpaired) electrons. The molecule has 1 nitrogen and oxygen atoms in total. The van der Waals surface area contributed by atoms with Crippen LogP contribution in [0.1, 0.15) is 39.5 Å². The van der Waals surface area contributed by atoms with Gasteiger partial charge in [-0.05, 0) is 50.0 Å². The van der Waals surface area contributed by atoms with Crippen molar-refractivity contribution >= 4 is 6.29 Å². The third-order valence-corrected chi connectivity index (χ3v) is 3.38. The molecule has 0 aliphatic heterocycles. The molecule has 0 N–H and O–H groups in total. The lowest BCUT2D eigenvalue weighted by Crippen LogP contribution is -2.12. The first-order chi connectivity index (χ1) is 7.63. The maximum Gasteiger partial charge on any atom is 0.145 e. The van der Waals surface area contributed by atoms with Crippen LogP contribution < -0.4 is 0 Å². The van der Waals surface area contributed by atoms with Crippen LogP contribution in [0.3, 0.4) is 0 Å². The van der Waals surface area contributed by atoms with E-state index in [2.05, 4.69) is 25.7 Å². The summed E-state index contributed by atoms with van der Waals surface area (Å²) >= 11 is 0. The number of carbonyl (C=O) groups is 1. The van der Waals surface area contributed by atoms with Crippen LogP contribution in [0.15, 0.2) is 36.0 Å². The number of allylic oxidation sites excluding steroid dienone is 5. The van der Waals surface area contributed by atoms with Gasteiger partial charge in [-0.15, -0.1) is 0 Å². The number of carbonyl (C=O) groups excluding carboxylic acids is 1. The van der Waals surface area contributed by atoms with Gasteiger partial charge in [-0.3, -0.25) is 4.79 Å². The Morgan fingerprint density at radius 3 is 3.00 bits per heavy atom. The lowest BCUT2D eigenvalue weighted by Gasteiger charge is -2.23. The number of hydrogen-bond donors (Lipinski definition) is 0. The van der Waals surface area contributed by atoms with Gasteiger partial charge in [0, 0.05) is 0 Å². The van der Waals surface area contributed by atoms with Gasteiger partial charge >= 0.3 is 0 Å². The summed E-state index contributed by atoms with van der Waals surface area (Å²) < 4.78 is 0. The maximum absolute atomic E-state index is 10.4. The second-order valence-electron chi connectivity index (χ2n) is 4.84. The van der Waals surface area contributed by atoms with E-state index in [4.69, 9.17) is 0 Å². The fourth-order valence-corrected chi connectivity index (χ4v) is 2.10. The average molecular weight is 218 g/mol. The summed E-state index contributed by atoms with van der Waals surface area (Å²) in [5.41, 5.74) is 2.10. The summed E-state index contributed by atoms with van der Waals surface area (Å²) in [5, 5.41) is 0. The van der Waals surface area contributed by atoms with E-state index in [1.54, 1.807) is 0 Å². The van der Waals surface area contributed by atoms with Crippen molar-refractivity contribution in [3.05, 3.63) is 36.0 Å². The quantitative estimate of drug-likeness (QED) is 0.502. The van der Waals surface area contributed by atoms with Crippen LogP contribution in [0.25, 0.3) is 0 Å². The molecular formula is C15H22O. The van der Waals surface area contributed by atoms with Crippen molar-refractivity contribution in [2.45, 2.75) is 39.5 Å². The summed E-state index contributed by atoms with van der Waals surface area (Å²) in [6.45, 7) is 8.13. The number of hydrogen-bond acceptors (Lipinski definition) is 1. The monoisotopic (exact) mass is 218 g/mol. The summed E-state index contributed by atoms with van der Waals surface area (Å²) in [4.78, 5) is 10.4. The Kier molecular flexibility index (Phi) is 5.24. The molecule has 0 aromatic carbocycles. The van der Waals surface area contributed by atoms with Gasteiger partial charge in [0.05, 0.1) is 0 Å². The van der Waals surface area contributed by atoms with Crippen molar-refractivity contribution in [1.82, 2.24) is 0 Å². The van der Waals surface area contributed by atoms with Crippen LogP contribution in [-0.4, -0.2) is 6.29 Å². The highest BCUT2D eigenvalue weighted by molar-refractivity contribution is 5.71. The predicted octanol–water partition coefficient (Wildman–Crippen LogP) is 4.07. The molecule has 0 saturated carbocycles. The lowest BCUT2D eigenvalue weighted by atomic mass is 9.82. The Morgan fingerprint density at radius 2 is 2.44 bits per heavy atom. The van der Waals surface area contributed by atoms with Crippen molar-refractivity contribution < 1.29 is 4.79 Å². The van der Waals surface area contributed by atoms with Gasteiger partial charge < -0.3 is 0 Å². The molecule has 0 aromatic heterocycles. The fraction of sp³-hybridized carbons (Fsp3) is 0.533. The summed E-state index contributed by atoms with van der Waals surface area (Å²) in [5.74, 6) is 1.38. The minimum Gasteiger partial charge on any atom is -0.298 e. The molecule has 0 heterocycles. The highest BCUT2D eigenvalue weighted by Crippen LogP contribution is 2.29. The highest BCUT2D eigenvalue weighted by atomic mass is 16.1. The third-order valence-electron chi connectivity index (χ3n) is 3.38.